The first-order valence-corrected chi connectivity index (χ1v) is 5.19. The van der Waals surface area contributed by atoms with Gasteiger partial charge in [0.2, 0.25) is 5.15 Å². The minimum Gasteiger partial charge on any atom is -0.330 e. The van der Waals surface area contributed by atoms with Crippen LogP contribution in [0.2, 0.25) is 5.15 Å². The van der Waals surface area contributed by atoms with Crippen LogP contribution >= 0.6 is 11.6 Å². The molecule has 8 heteroatoms. The van der Waals surface area contributed by atoms with E-state index in [1.807, 2.05) is 6.92 Å². The third kappa shape index (κ3) is 1.96. The number of nitro groups is 1. The van der Waals surface area contributed by atoms with E-state index in [-0.39, 0.29) is 16.5 Å². The second-order valence-electron chi connectivity index (χ2n) is 3.16. The van der Waals surface area contributed by atoms with Gasteiger partial charge in [-0.1, -0.05) is 11.6 Å². The summed E-state index contributed by atoms with van der Waals surface area (Å²) >= 11 is 5.71. The molecule has 0 aliphatic carbocycles. The number of aryl methyl sites for hydroxylation is 1. The molecule has 0 aromatic carbocycles. The summed E-state index contributed by atoms with van der Waals surface area (Å²) in [6.07, 6.45) is 4.45. The van der Waals surface area contributed by atoms with Crippen LogP contribution in [-0.2, 0) is 6.54 Å². The Morgan fingerprint density at radius 1 is 1.47 bits per heavy atom. The predicted octanol–water partition coefficient (Wildman–Crippen LogP) is 1.92. The molecule has 0 spiro atoms. The quantitative estimate of drug-likeness (QED) is 0.474. The number of rotatable bonds is 3. The highest BCUT2D eigenvalue weighted by Gasteiger charge is 2.25. The van der Waals surface area contributed by atoms with E-state index in [0.29, 0.717) is 12.4 Å². The summed E-state index contributed by atoms with van der Waals surface area (Å²) in [4.78, 5) is 21.9. The molecule has 7 nitrogen and oxygen atoms in total. The molecule has 0 aliphatic heterocycles. The van der Waals surface area contributed by atoms with E-state index >= 15 is 0 Å². The second-order valence-corrected chi connectivity index (χ2v) is 3.51. The van der Waals surface area contributed by atoms with Gasteiger partial charge in [0.25, 0.3) is 0 Å². The van der Waals surface area contributed by atoms with E-state index in [9.17, 15) is 10.1 Å². The van der Waals surface area contributed by atoms with Crippen molar-refractivity contribution < 1.29 is 4.92 Å². The first kappa shape index (κ1) is 11.5. The summed E-state index contributed by atoms with van der Waals surface area (Å²) < 4.78 is 1.74. The zero-order valence-electron chi connectivity index (χ0n) is 8.87. The summed E-state index contributed by atoms with van der Waals surface area (Å²) in [5.74, 6) is 0.406. The summed E-state index contributed by atoms with van der Waals surface area (Å²) in [5.41, 5.74) is -0.197. The van der Waals surface area contributed by atoms with Gasteiger partial charge in [-0.25, -0.2) is 15.0 Å². The molecule has 0 fully saturated rings. The number of hydrogen-bond donors (Lipinski definition) is 0. The van der Waals surface area contributed by atoms with Crippen molar-refractivity contribution in [2.24, 2.45) is 0 Å². The van der Waals surface area contributed by atoms with Crippen molar-refractivity contribution in [1.82, 2.24) is 19.5 Å². The monoisotopic (exact) mass is 253 g/mol. The molecule has 0 atom stereocenters. The van der Waals surface area contributed by atoms with Crippen molar-refractivity contribution in [3.63, 3.8) is 0 Å². The highest BCUT2D eigenvalue weighted by atomic mass is 35.5. The molecule has 2 rings (SSSR count). The van der Waals surface area contributed by atoms with Crippen LogP contribution in [0.1, 0.15) is 6.92 Å². The van der Waals surface area contributed by atoms with Gasteiger partial charge < -0.3 is 4.57 Å². The molecular weight excluding hydrogens is 246 g/mol. The van der Waals surface area contributed by atoms with Crippen molar-refractivity contribution >= 4 is 17.3 Å². The standard InChI is InChI=1S/C9H8ClN5O2/c1-2-14-4-3-11-9(14)6-7(15(16)17)8(10)13-5-12-6/h3-5H,2H2,1H3. The number of imidazole rings is 1. The van der Waals surface area contributed by atoms with E-state index in [2.05, 4.69) is 15.0 Å². The fourth-order valence-electron chi connectivity index (χ4n) is 1.46. The molecule has 0 unspecified atom stereocenters. The Morgan fingerprint density at radius 2 is 2.24 bits per heavy atom. The van der Waals surface area contributed by atoms with Gasteiger partial charge in [-0.2, -0.15) is 0 Å². The molecule has 2 aromatic heterocycles. The van der Waals surface area contributed by atoms with Crippen LogP contribution in [0.3, 0.4) is 0 Å². The van der Waals surface area contributed by atoms with Crippen LogP contribution in [0.15, 0.2) is 18.7 Å². The Bertz CT molecular complexity index is 568. The average Bonchev–Trinajstić information content (AvgIpc) is 2.75. The Balaban J connectivity index is 2.67. The number of nitrogens with zero attached hydrogens (tertiary/aromatic N) is 5. The summed E-state index contributed by atoms with van der Waals surface area (Å²) in [5, 5.41) is 10.8. The third-order valence-electron chi connectivity index (χ3n) is 2.23. The van der Waals surface area contributed by atoms with Crippen molar-refractivity contribution in [3.8, 4) is 11.5 Å². The minimum absolute atomic E-state index is 0.127. The van der Waals surface area contributed by atoms with Gasteiger partial charge in [0.05, 0.1) is 4.92 Å². The van der Waals surface area contributed by atoms with Gasteiger partial charge in [-0.3, -0.25) is 10.1 Å². The zero-order valence-corrected chi connectivity index (χ0v) is 9.63. The molecule has 17 heavy (non-hydrogen) atoms. The first-order valence-electron chi connectivity index (χ1n) is 4.81. The topological polar surface area (TPSA) is 86.7 Å². The second kappa shape index (κ2) is 4.46. The molecule has 0 bridgehead atoms. The molecule has 0 N–H and O–H groups in total. The highest BCUT2D eigenvalue weighted by Crippen LogP contribution is 2.31. The number of halogens is 1. The lowest BCUT2D eigenvalue weighted by atomic mass is 10.3. The van der Waals surface area contributed by atoms with Crippen LogP contribution in [0.4, 0.5) is 5.69 Å². The predicted molar refractivity (Wildman–Crippen MR) is 60.6 cm³/mol. The fraction of sp³-hybridized carbons (Fsp3) is 0.222. The molecule has 0 saturated carbocycles. The van der Waals surface area contributed by atoms with Gasteiger partial charge in [-0.15, -0.1) is 0 Å². The highest BCUT2D eigenvalue weighted by molar-refractivity contribution is 6.31. The normalized spacial score (nSPS) is 10.5. The Hall–Kier alpha value is -2.02. The molecular formula is C9H8ClN5O2. The Labute approximate surface area is 101 Å². The van der Waals surface area contributed by atoms with E-state index in [0.717, 1.165) is 0 Å². The molecule has 0 radical (unpaired) electrons. The van der Waals surface area contributed by atoms with E-state index < -0.39 is 4.92 Å². The third-order valence-corrected chi connectivity index (χ3v) is 2.50. The van der Waals surface area contributed by atoms with E-state index in [1.54, 1.807) is 17.0 Å². The van der Waals surface area contributed by atoms with Crippen LogP contribution < -0.4 is 0 Å². The number of hydrogen-bond acceptors (Lipinski definition) is 5. The largest absolute Gasteiger partial charge is 0.335 e. The molecule has 0 saturated heterocycles. The Morgan fingerprint density at radius 3 is 2.88 bits per heavy atom. The van der Waals surface area contributed by atoms with Crippen molar-refractivity contribution in [2.75, 3.05) is 0 Å². The molecule has 2 aromatic rings. The summed E-state index contributed by atoms with van der Waals surface area (Å²) in [6, 6.07) is 0. The van der Waals surface area contributed by atoms with Gasteiger partial charge >= 0.3 is 5.69 Å². The maximum absolute atomic E-state index is 10.9. The van der Waals surface area contributed by atoms with Crippen molar-refractivity contribution in [1.29, 1.82) is 0 Å². The lowest BCUT2D eigenvalue weighted by Gasteiger charge is -2.04. The van der Waals surface area contributed by atoms with E-state index in [1.165, 1.54) is 6.33 Å². The molecule has 2 heterocycles. The zero-order chi connectivity index (χ0) is 12.4. The summed E-state index contributed by atoms with van der Waals surface area (Å²) in [7, 11) is 0. The van der Waals surface area contributed by atoms with Crippen molar-refractivity contribution in [2.45, 2.75) is 13.5 Å². The number of aromatic nitrogens is 4. The van der Waals surface area contributed by atoms with Crippen LogP contribution in [0, 0.1) is 10.1 Å². The average molecular weight is 254 g/mol. The van der Waals surface area contributed by atoms with Crippen LogP contribution in [0.5, 0.6) is 0 Å². The summed E-state index contributed by atoms with van der Waals surface area (Å²) in [6.45, 7) is 2.54. The lowest BCUT2D eigenvalue weighted by Crippen LogP contribution is -2.03. The minimum atomic E-state index is -0.605. The molecule has 0 aliphatic rings. The fourth-order valence-corrected chi connectivity index (χ4v) is 1.67. The maximum atomic E-state index is 10.9. The molecule has 88 valence electrons. The van der Waals surface area contributed by atoms with Gasteiger partial charge in [0.15, 0.2) is 11.5 Å². The SMILES string of the molecule is CCn1ccnc1-c1ncnc(Cl)c1[N+](=O)[O-]. The smallest absolute Gasteiger partial charge is 0.330 e. The first-order chi connectivity index (χ1) is 8.15. The van der Waals surface area contributed by atoms with Crippen molar-refractivity contribution in [3.05, 3.63) is 34.0 Å². The van der Waals surface area contributed by atoms with Gasteiger partial charge in [-0.05, 0) is 6.92 Å². The molecule has 0 amide bonds. The van der Waals surface area contributed by atoms with E-state index in [4.69, 9.17) is 11.6 Å². The van der Waals surface area contributed by atoms with Gasteiger partial charge in [0.1, 0.15) is 6.33 Å². The van der Waals surface area contributed by atoms with Crippen LogP contribution in [-0.4, -0.2) is 24.4 Å². The maximum Gasteiger partial charge on any atom is 0.335 e. The van der Waals surface area contributed by atoms with Gasteiger partial charge in [0, 0.05) is 18.9 Å². The lowest BCUT2D eigenvalue weighted by molar-refractivity contribution is -0.384. The van der Waals surface area contributed by atoms with Crippen LogP contribution in [0.25, 0.3) is 11.5 Å². The Kier molecular flexibility index (Phi) is 3.01.